The van der Waals surface area contributed by atoms with Gasteiger partial charge in [0, 0.05) is 12.5 Å². The Kier molecular flexibility index (Phi) is 5.02. The van der Waals surface area contributed by atoms with Crippen LogP contribution in [0.2, 0.25) is 0 Å². The fraction of sp³-hybridized carbons (Fsp3) is 0.667. The summed E-state index contributed by atoms with van der Waals surface area (Å²) in [5.41, 5.74) is -0.0172. The fourth-order valence-corrected chi connectivity index (χ4v) is 1.89. The van der Waals surface area contributed by atoms with E-state index in [9.17, 15) is 0 Å². The molecular weight excluding hydrogens is 192 g/mol. The molecule has 0 radical (unpaired) electrons. The molecule has 1 fully saturated rings. The highest BCUT2D eigenvalue weighted by molar-refractivity contribution is 4.95. The summed E-state index contributed by atoms with van der Waals surface area (Å²) in [4.78, 5) is 0. The monoisotopic (exact) mass is 212 g/mol. The quantitative estimate of drug-likeness (QED) is 0.476. The van der Waals surface area contributed by atoms with E-state index in [2.05, 4.69) is 13.2 Å². The zero-order valence-electron chi connectivity index (χ0n) is 9.41. The molecule has 15 heavy (non-hydrogen) atoms. The van der Waals surface area contributed by atoms with E-state index in [0.29, 0.717) is 26.4 Å². The van der Waals surface area contributed by atoms with Crippen LogP contribution in [0.5, 0.6) is 0 Å². The maximum Gasteiger partial charge on any atom is 0.0761 e. The number of methoxy groups -OCH3 is 1. The minimum absolute atomic E-state index is 0.0172. The zero-order valence-corrected chi connectivity index (χ0v) is 9.41. The van der Waals surface area contributed by atoms with Gasteiger partial charge in [-0.25, -0.2) is 0 Å². The van der Waals surface area contributed by atoms with Crippen molar-refractivity contribution in [2.45, 2.75) is 12.5 Å². The van der Waals surface area contributed by atoms with E-state index in [1.54, 1.807) is 13.2 Å². The van der Waals surface area contributed by atoms with Gasteiger partial charge in [0.25, 0.3) is 0 Å². The largest absolute Gasteiger partial charge is 0.384 e. The lowest BCUT2D eigenvalue weighted by Gasteiger charge is -2.25. The van der Waals surface area contributed by atoms with Crippen molar-refractivity contribution >= 4 is 0 Å². The second kappa shape index (κ2) is 6.05. The second-order valence-corrected chi connectivity index (χ2v) is 4.03. The third-order valence-corrected chi connectivity index (χ3v) is 2.60. The van der Waals surface area contributed by atoms with E-state index in [1.807, 2.05) is 6.08 Å². The summed E-state index contributed by atoms with van der Waals surface area (Å²) in [6.45, 7) is 9.92. The van der Waals surface area contributed by atoms with Gasteiger partial charge < -0.3 is 14.2 Å². The highest BCUT2D eigenvalue weighted by Crippen LogP contribution is 2.33. The maximum atomic E-state index is 5.60. The van der Waals surface area contributed by atoms with E-state index in [-0.39, 0.29) is 11.5 Å². The molecule has 2 unspecified atom stereocenters. The molecule has 0 spiro atoms. The lowest BCUT2D eigenvalue weighted by atomic mass is 9.87. The van der Waals surface area contributed by atoms with Crippen LogP contribution in [0.25, 0.3) is 0 Å². The molecule has 3 heteroatoms. The first kappa shape index (κ1) is 12.4. The van der Waals surface area contributed by atoms with Crippen molar-refractivity contribution in [1.82, 2.24) is 0 Å². The van der Waals surface area contributed by atoms with Gasteiger partial charge in [-0.3, -0.25) is 0 Å². The summed E-state index contributed by atoms with van der Waals surface area (Å²) >= 11 is 0. The summed E-state index contributed by atoms with van der Waals surface area (Å²) in [7, 11) is 1.70. The van der Waals surface area contributed by atoms with Gasteiger partial charge in [-0.05, 0) is 6.42 Å². The lowest BCUT2D eigenvalue weighted by Crippen LogP contribution is -2.32. The lowest BCUT2D eigenvalue weighted by molar-refractivity contribution is -0.00645. The summed E-state index contributed by atoms with van der Waals surface area (Å²) in [5, 5.41) is 0. The summed E-state index contributed by atoms with van der Waals surface area (Å²) < 4.78 is 16.3. The van der Waals surface area contributed by atoms with Crippen LogP contribution in [-0.2, 0) is 14.2 Å². The molecule has 1 saturated heterocycles. The number of ether oxygens (including phenoxy) is 3. The first-order valence-electron chi connectivity index (χ1n) is 5.18. The number of rotatable bonds is 7. The second-order valence-electron chi connectivity index (χ2n) is 4.03. The van der Waals surface area contributed by atoms with Crippen LogP contribution < -0.4 is 0 Å². The zero-order chi connectivity index (χ0) is 11.1. The van der Waals surface area contributed by atoms with Crippen molar-refractivity contribution in [3.05, 3.63) is 25.3 Å². The van der Waals surface area contributed by atoms with E-state index in [1.165, 1.54) is 0 Å². The minimum atomic E-state index is -0.0172. The Morgan fingerprint density at radius 3 is 2.80 bits per heavy atom. The highest BCUT2D eigenvalue weighted by Gasteiger charge is 2.39. The van der Waals surface area contributed by atoms with Gasteiger partial charge in [0.2, 0.25) is 0 Å². The van der Waals surface area contributed by atoms with Crippen LogP contribution in [0.15, 0.2) is 25.3 Å². The standard InChI is InChI=1S/C12H20O3/c1-4-6-14-9-12(8-13-3)7-11(5-2)15-10-12/h4-5,11H,1-2,6-10H2,3H3. The molecule has 0 saturated carbocycles. The average molecular weight is 212 g/mol. The Morgan fingerprint density at radius 2 is 2.27 bits per heavy atom. The van der Waals surface area contributed by atoms with Gasteiger partial charge in [-0.2, -0.15) is 0 Å². The van der Waals surface area contributed by atoms with Gasteiger partial charge in [0.1, 0.15) is 0 Å². The molecule has 0 bridgehead atoms. The van der Waals surface area contributed by atoms with E-state index < -0.39 is 0 Å². The molecule has 0 N–H and O–H groups in total. The third-order valence-electron chi connectivity index (χ3n) is 2.60. The molecule has 1 rings (SSSR count). The molecule has 0 aromatic heterocycles. The van der Waals surface area contributed by atoms with Crippen molar-refractivity contribution in [2.75, 3.05) is 33.5 Å². The first-order chi connectivity index (χ1) is 7.26. The number of hydrogen-bond acceptors (Lipinski definition) is 3. The maximum absolute atomic E-state index is 5.60. The van der Waals surface area contributed by atoms with Crippen LogP contribution in [0, 0.1) is 5.41 Å². The molecule has 1 heterocycles. The molecule has 0 amide bonds. The predicted molar refractivity (Wildman–Crippen MR) is 59.9 cm³/mol. The minimum Gasteiger partial charge on any atom is -0.384 e. The van der Waals surface area contributed by atoms with Crippen molar-refractivity contribution in [3.8, 4) is 0 Å². The molecule has 1 aliphatic rings. The Balaban J connectivity index is 2.47. The Labute approximate surface area is 91.7 Å². The Morgan fingerprint density at radius 1 is 1.47 bits per heavy atom. The highest BCUT2D eigenvalue weighted by atomic mass is 16.5. The smallest absolute Gasteiger partial charge is 0.0761 e. The van der Waals surface area contributed by atoms with Gasteiger partial charge in [0.15, 0.2) is 0 Å². The summed E-state index contributed by atoms with van der Waals surface area (Å²) in [6.07, 6.45) is 4.64. The number of hydrogen-bond donors (Lipinski definition) is 0. The molecule has 1 aliphatic heterocycles. The van der Waals surface area contributed by atoms with Crippen molar-refractivity contribution < 1.29 is 14.2 Å². The van der Waals surface area contributed by atoms with Crippen LogP contribution in [0.3, 0.4) is 0 Å². The average Bonchev–Trinajstić information content (AvgIpc) is 2.63. The van der Waals surface area contributed by atoms with Crippen LogP contribution in [0.1, 0.15) is 6.42 Å². The van der Waals surface area contributed by atoms with Crippen LogP contribution in [-0.4, -0.2) is 39.6 Å². The Hall–Kier alpha value is -0.640. The third kappa shape index (κ3) is 3.45. The fourth-order valence-electron chi connectivity index (χ4n) is 1.89. The van der Waals surface area contributed by atoms with E-state index in [4.69, 9.17) is 14.2 Å². The molecular formula is C12H20O3. The van der Waals surface area contributed by atoms with Crippen LogP contribution in [0.4, 0.5) is 0 Å². The molecule has 86 valence electrons. The predicted octanol–water partition coefficient (Wildman–Crippen LogP) is 1.80. The summed E-state index contributed by atoms with van der Waals surface area (Å²) in [5.74, 6) is 0. The van der Waals surface area contributed by atoms with Crippen molar-refractivity contribution in [3.63, 3.8) is 0 Å². The van der Waals surface area contributed by atoms with Gasteiger partial charge in [-0.15, -0.1) is 13.2 Å². The molecule has 2 atom stereocenters. The van der Waals surface area contributed by atoms with Crippen molar-refractivity contribution in [2.24, 2.45) is 5.41 Å². The van der Waals surface area contributed by atoms with E-state index >= 15 is 0 Å². The van der Waals surface area contributed by atoms with Crippen molar-refractivity contribution in [1.29, 1.82) is 0 Å². The summed E-state index contributed by atoms with van der Waals surface area (Å²) in [6, 6.07) is 0. The molecule has 0 aromatic rings. The Bertz CT molecular complexity index is 215. The normalized spacial score (nSPS) is 30.3. The van der Waals surface area contributed by atoms with Gasteiger partial charge in [0.05, 0.1) is 32.5 Å². The van der Waals surface area contributed by atoms with E-state index in [0.717, 1.165) is 6.42 Å². The first-order valence-corrected chi connectivity index (χ1v) is 5.18. The SMILES string of the molecule is C=CCOCC1(COC)COC(C=C)C1. The molecule has 0 aliphatic carbocycles. The molecule has 3 nitrogen and oxygen atoms in total. The van der Waals surface area contributed by atoms with Gasteiger partial charge >= 0.3 is 0 Å². The van der Waals surface area contributed by atoms with Gasteiger partial charge in [-0.1, -0.05) is 12.2 Å². The topological polar surface area (TPSA) is 27.7 Å². The van der Waals surface area contributed by atoms with Crippen LogP contribution >= 0.6 is 0 Å². The molecule has 0 aromatic carbocycles.